The molecule has 3 heterocycles. The third-order valence-corrected chi connectivity index (χ3v) is 8.86. The molecule has 43 heavy (non-hydrogen) atoms. The van der Waals surface area contributed by atoms with Gasteiger partial charge in [-0.05, 0) is 52.3 Å². The van der Waals surface area contributed by atoms with E-state index >= 15 is 0 Å². The number of carbonyl (C=O) groups is 3. The lowest BCUT2D eigenvalue weighted by atomic mass is 9.73. The maximum atomic E-state index is 14.1. The molecule has 9 nitrogen and oxygen atoms in total. The van der Waals surface area contributed by atoms with Crippen molar-refractivity contribution in [1.29, 1.82) is 0 Å². The number of anilines is 2. The van der Waals surface area contributed by atoms with Crippen LogP contribution in [0.2, 0.25) is 5.02 Å². The Bertz CT molecular complexity index is 1980. The van der Waals surface area contributed by atoms with Crippen LogP contribution in [0.15, 0.2) is 67.3 Å². The lowest BCUT2D eigenvalue weighted by Crippen LogP contribution is -2.59. The molecule has 2 aromatic carbocycles. The highest BCUT2D eigenvalue weighted by Gasteiger charge is 2.49. The van der Waals surface area contributed by atoms with Crippen LogP contribution in [0, 0.1) is 5.92 Å². The molecule has 3 aliphatic rings. The lowest BCUT2D eigenvalue weighted by molar-refractivity contribution is -0.126. The number of hydrogen-bond donors (Lipinski definition) is 1. The van der Waals surface area contributed by atoms with Gasteiger partial charge in [-0.3, -0.25) is 19.4 Å². The van der Waals surface area contributed by atoms with Gasteiger partial charge in [-0.25, -0.2) is 9.97 Å². The van der Waals surface area contributed by atoms with Crippen LogP contribution in [-0.2, 0) is 10.3 Å². The van der Waals surface area contributed by atoms with Crippen molar-refractivity contribution in [3.63, 3.8) is 0 Å². The van der Waals surface area contributed by atoms with Crippen molar-refractivity contribution in [1.82, 2.24) is 20.3 Å². The second kappa shape index (κ2) is 10.1. The number of ketones is 2. The summed E-state index contributed by atoms with van der Waals surface area (Å²) in [6.45, 7) is 4.96. The van der Waals surface area contributed by atoms with Crippen LogP contribution in [0.3, 0.4) is 0 Å². The predicted molar refractivity (Wildman–Crippen MR) is 164 cm³/mol. The van der Waals surface area contributed by atoms with Gasteiger partial charge in [0.15, 0.2) is 17.4 Å². The maximum absolute atomic E-state index is 14.1. The molecule has 2 aromatic heterocycles. The molecule has 2 atom stereocenters. The first kappa shape index (κ1) is 27.0. The minimum atomic E-state index is -1.07. The number of rotatable bonds is 5. The molecule has 1 amide bonds. The molecule has 1 aliphatic heterocycles. The Labute approximate surface area is 252 Å². The van der Waals surface area contributed by atoms with E-state index in [4.69, 9.17) is 11.6 Å². The predicted octanol–water partition coefficient (Wildman–Crippen LogP) is 3.10. The van der Waals surface area contributed by atoms with E-state index < -0.39 is 11.5 Å². The van der Waals surface area contributed by atoms with E-state index in [9.17, 15) is 14.4 Å². The number of amides is 1. The van der Waals surface area contributed by atoms with E-state index in [1.54, 1.807) is 18.3 Å². The van der Waals surface area contributed by atoms with Crippen molar-refractivity contribution in [3.8, 4) is 11.1 Å². The van der Waals surface area contributed by atoms with E-state index in [0.29, 0.717) is 36.2 Å². The topological polar surface area (TPSA) is 108 Å². The molecule has 4 aromatic rings. The van der Waals surface area contributed by atoms with E-state index in [1.807, 2.05) is 66.1 Å². The molecule has 0 saturated heterocycles. The fourth-order valence-corrected chi connectivity index (χ4v) is 6.64. The van der Waals surface area contributed by atoms with E-state index in [2.05, 4.69) is 20.3 Å². The summed E-state index contributed by atoms with van der Waals surface area (Å²) in [5.41, 5.74) is 3.31. The SMILES string of the molecule is CC1C=c2c(ccc3c2=CC(=O)c2ccccc2-3)C(C)(N2CN(CCNC(=O)c3cc(Cl)ccn3)c3cncnc32)C1=O. The van der Waals surface area contributed by atoms with Crippen molar-refractivity contribution in [2.24, 2.45) is 5.92 Å². The van der Waals surface area contributed by atoms with Crippen molar-refractivity contribution in [2.45, 2.75) is 19.4 Å². The number of aromatic nitrogens is 3. The summed E-state index contributed by atoms with van der Waals surface area (Å²) in [5.74, 6) is -0.0934. The monoisotopic (exact) mass is 590 g/mol. The van der Waals surface area contributed by atoms with Crippen LogP contribution in [0.4, 0.5) is 11.5 Å². The molecule has 2 unspecified atom stereocenters. The molecule has 2 aliphatic carbocycles. The van der Waals surface area contributed by atoms with E-state index in [1.165, 1.54) is 18.6 Å². The average Bonchev–Trinajstić information content (AvgIpc) is 3.39. The summed E-state index contributed by atoms with van der Waals surface area (Å²) in [6, 6.07) is 14.8. The van der Waals surface area contributed by atoms with Gasteiger partial charge < -0.3 is 15.1 Å². The molecule has 0 saturated carbocycles. The van der Waals surface area contributed by atoms with Gasteiger partial charge in [-0.2, -0.15) is 0 Å². The van der Waals surface area contributed by atoms with Gasteiger partial charge in [0, 0.05) is 35.8 Å². The molecule has 1 N–H and O–H groups in total. The number of benzene rings is 2. The van der Waals surface area contributed by atoms with Gasteiger partial charge in [0.1, 0.15) is 23.2 Å². The fraction of sp³-hybridized carbons (Fsp3) is 0.212. The number of hydrogen-bond acceptors (Lipinski definition) is 8. The number of Topliss-reactive ketones (excluding diaryl/α,β-unsaturated/α-hetero) is 2. The highest BCUT2D eigenvalue weighted by atomic mass is 35.5. The first-order chi connectivity index (χ1) is 20.8. The van der Waals surface area contributed by atoms with E-state index in [-0.39, 0.29) is 23.2 Å². The Morgan fingerprint density at radius 1 is 1.07 bits per heavy atom. The van der Waals surface area contributed by atoms with Crippen LogP contribution in [0.1, 0.15) is 40.3 Å². The second-order valence-corrected chi connectivity index (χ2v) is 11.6. The summed E-state index contributed by atoms with van der Waals surface area (Å²) < 4.78 is 0. The van der Waals surface area contributed by atoms with Gasteiger partial charge >= 0.3 is 0 Å². The smallest absolute Gasteiger partial charge is 0.269 e. The van der Waals surface area contributed by atoms with Crippen molar-refractivity contribution in [3.05, 3.63) is 99.5 Å². The molecule has 0 fully saturated rings. The minimum Gasteiger partial charge on any atom is -0.349 e. The largest absolute Gasteiger partial charge is 0.349 e. The van der Waals surface area contributed by atoms with E-state index in [0.717, 1.165) is 32.8 Å². The van der Waals surface area contributed by atoms with Crippen molar-refractivity contribution in [2.75, 3.05) is 29.6 Å². The Morgan fingerprint density at radius 2 is 1.88 bits per heavy atom. The molecule has 0 spiro atoms. The number of pyridine rings is 1. The van der Waals surface area contributed by atoms with Crippen molar-refractivity contribution < 1.29 is 14.4 Å². The number of nitrogens with one attached hydrogen (secondary N) is 1. The Hall–Kier alpha value is -4.89. The number of fused-ring (bicyclic) bond motifs is 6. The zero-order chi connectivity index (χ0) is 29.9. The highest BCUT2D eigenvalue weighted by Crippen LogP contribution is 2.43. The quantitative estimate of drug-likeness (QED) is 0.378. The number of carbonyl (C=O) groups excluding carboxylic acids is 3. The second-order valence-electron chi connectivity index (χ2n) is 11.1. The minimum absolute atomic E-state index is 0.0363. The highest BCUT2D eigenvalue weighted by molar-refractivity contribution is 6.30. The summed E-state index contributed by atoms with van der Waals surface area (Å²) in [5, 5.41) is 5.06. The number of halogens is 1. The Balaban J connectivity index is 1.25. The average molecular weight is 591 g/mol. The van der Waals surface area contributed by atoms with Crippen LogP contribution >= 0.6 is 11.6 Å². The summed E-state index contributed by atoms with van der Waals surface area (Å²) in [7, 11) is 0. The van der Waals surface area contributed by atoms with Gasteiger partial charge in [0.25, 0.3) is 5.91 Å². The zero-order valence-corrected chi connectivity index (χ0v) is 24.3. The fourth-order valence-electron chi connectivity index (χ4n) is 6.48. The zero-order valence-electron chi connectivity index (χ0n) is 23.5. The van der Waals surface area contributed by atoms with Crippen LogP contribution in [0.5, 0.6) is 0 Å². The Kier molecular flexibility index (Phi) is 6.36. The standard InChI is InChI=1S/C33H27ClN6O3/c1-19-13-25-24-15-29(41)23-6-4-3-5-21(23)22(24)7-8-26(25)33(2,30(19)42)40-18-39(28-16-35-17-38-31(28)40)12-11-37-32(43)27-14-20(34)9-10-36-27/h3-10,13-17,19H,11-12,18H2,1-2H3,(H,37,43). The van der Waals surface area contributed by atoms with Gasteiger partial charge in [-0.1, -0.05) is 61.0 Å². The molecule has 7 rings (SSSR count). The Morgan fingerprint density at radius 3 is 2.70 bits per heavy atom. The van der Waals surface area contributed by atoms with Gasteiger partial charge in [-0.15, -0.1) is 0 Å². The lowest BCUT2D eigenvalue weighted by Gasteiger charge is -2.42. The molecule has 0 radical (unpaired) electrons. The normalized spacial score (nSPS) is 19.9. The first-order valence-electron chi connectivity index (χ1n) is 14.0. The third kappa shape index (κ3) is 4.22. The molecule has 214 valence electrons. The molecular formula is C33H27ClN6O3. The molecule has 10 heteroatoms. The molecular weight excluding hydrogens is 564 g/mol. The number of nitrogens with zero attached hydrogens (tertiary/aromatic N) is 5. The summed E-state index contributed by atoms with van der Waals surface area (Å²) in [4.78, 5) is 57.0. The van der Waals surface area contributed by atoms with Crippen LogP contribution in [-0.4, -0.2) is 52.2 Å². The summed E-state index contributed by atoms with van der Waals surface area (Å²) >= 11 is 6.02. The maximum Gasteiger partial charge on any atom is 0.269 e. The first-order valence-corrected chi connectivity index (χ1v) is 14.4. The van der Waals surface area contributed by atoms with Crippen LogP contribution in [0.25, 0.3) is 23.3 Å². The van der Waals surface area contributed by atoms with Gasteiger partial charge in [0.2, 0.25) is 0 Å². The van der Waals surface area contributed by atoms with Crippen LogP contribution < -0.4 is 25.6 Å². The third-order valence-electron chi connectivity index (χ3n) is 8.62. The molecule has 0 bridgehead atoms. The van der Waals surface area contributed by atoms with Crippen molar-refractivity contribution >= 4 is 52.7 Å². The van der Waals surface area contributed by atoms with Gasteiger partial charge in [0.05, 0.1) is 12.9 Å². The summed E-state index contributed by atoms with van der Waals surface area (Å²) in [6.07, 6.45) is 8.37.